The molecular formula is C6H6BrN3O. The van der Waals surface area contributed by atoms with Gasteiger partial charge in [-0.1, -0.05) is 0 Å². The van der Waals surface area contributed by atoms with E-state index in [1.165, 1.54) is 0 Å². The molecule has 0 unspecified atom stereocenters. The normalized spacial score (nSPS) is 15.9. The molecule has 0 saturated carbocycles. The summed E-state index contributed by atoms with van der Waals surface area (Å²) < 4.78 is 2.55. The Labute approximate surface area is 71.7 Å². The summed E-state index contributed by atoms with van der Waals surface area (Å²) in [6.07, 6.45) is 1.81. The van der Waals surface area contributed by atoms with Crippen LogP contribution in [0.2, 0.25) is 0 Å². The van der Waals surface area contributed by atoms with Crippen molar-refractivity contribution >= 4 is 21.8 Å². The van der Waals surface area contributed by atoms with Crippen LogP contribution in [-0.4, -0.2) is 22.0 Å². The van der Waals surface area contributed by atoms with Gasteiger partial charge >= 0.3 is 0 Å². The lowest BCUT2D eigenvalue weighted by Gasteiger charge is -2.13. The Bertz CT molecular complexity index is 307. The Morgan fingerprint density at radius 3 is 3.27 bits per heavy atom. The van der Waals surface area contributed by atoms with Crippen molar-refractivity contribution in [2.24, 2.45) is 0 Å². The second-order valence-corrected chi connectivity index (χ2v) is 3.15. The van der Waals surface area contributed by atoms with E-state index < -0.39 is 0 Å². The molecule has 2 rings (SSSR count). The third kappa shape index (κ3) is 1.05. The van der Waals surface area contributed by atoms with E-state index in [9.17, 15) is 4.79 Å². The lowest BCUT2D eigenvalue weighted by molar-refractivity contribution is 0.0922. The highest BCUT2D eigenvalue weighted by molar-refractivity contribution is 9.10. The molecule has 2 heterocycles. The summed E-state index contributed by atoms with van der Waals surface area (Å²) in [6, 6.07) is 0. The molecule has 1 aliphatic heterocycles. The van der Waals surface area contributed by atoms with Crippen LogP contribution in [0, 0.1) is 0 Å². The van der Waals surface area contributed by atoms with Gasteiger partial charge in [-0.3, -0.25) is 4.79 Å². The summed E-state index contributed by atoms with van der Waals surface area (Å²) in [4.78, 5) is 15.1. The molecule has 11 heavy (non-hydrogen) atoms. The van der Waals surface area contributed by atoms with Crippen molar-refractivity contribution in [1.82, 2.24) is 14.9 Å². The maximum absolute atomic E-state index is 11.1. The van der Waals surface area contributed by atoms with Crippen LogP contribution in [0.4, 0.5) is 0 Å². The van der Waals surface area contributed by atoms with E-state index in [1.807, 2.05) is 10.8 Å². The number of imidazole rings is 1. The number of hydrogen-bond donors (Lipinski definition) is 1. The first kappa shape index (κ1) is 6.84. The topological polar surface area (TPSA) is 46.9 Å². The zero-order valence-electron chi connectivity index (χ0n) is 5.67. The van der Waals surface area contributed by atoms with Crippen molar-refractivity contribution in [2.45, 2.75) is 6.54 Å². The monoisotopic (exact) mass is 215 g/mol. The van der Waals surface area contributed by atoms with E-state index in [0.717, 1.165) is 6.54 Å². The molecule has 4 nitrogen and oxygen atoms in total. The molecule has 0 aliphatic carbocycles. The molecule has 0 fully saturated rings. The zero-order valence-corrected chi connectivity index (χ0v) is 7.26. The van der Waals surface area contributed by atoms with E-state index in [0.29, 0.717) is 17.0 Å². The summed E-state index contributed by atoms with van der Waals surface area (Å²) in [5.74, 6) is 0.394. The number of carbonyl (C=O) groups is 1. The van der Waals surface area contributed by atoms with Gasteiger partial charge in [0.1, 0.15) is 4.60 Å². The van der Waals surface area contributed by atoms with Crippen LogP contribution in [0.15, 0.2) is 10.8 Å². The lowest BCUT2D eigenvalue weighted by atomic mass is 10.4. The second kappa shape index (κ2) is 2.34. The Morgan fingerprint density at radius 2 is 2.55 bits per heavy atom. The first-order valence-corrected chi connectivity index (χ1v) is 4.07. The summed E-state index contributed by atoms with van der Waals surface area (Å²) in [6.45, 7) is 1.49. The molecule has 0 aromatic carbocycles. The quantitative estimate of drug-likeness (QED) is 0.681. The first-order chi connectivity index (χ1) is 5.27. The van der Waals surface area contributed by atoms with Crippen molar-refractivity contribution < 1.29 is 4.79 Å². The lowest BCUT2D eigenvalue weighted by Crippen LogP contribution is -2.35. The fourth-order valence-corrected chi connectivity index (χ4v) is 1.52. The van der Waals surface area contributed by atoms with Gasteiger partial charge in [-0.05, 0) is 15.9 Å². The van der Waals surface area contributed by atoms with Crippen LogP contribution >= 0.6 is 15.9 Å². The minimum atomic E-state index is -0.0954. The smallest absolute Gasteiger partial charge is 0.287 e. The van der Waals surface area contributed by atoms with E-state index in [1.54, 1.807) is 0 Å². The minimum Gasteiger partial charge on any atom is -0.348 e. The van der Waals surface area contributed by atoms with E-state index in [4.69, 9.17) is 0 Å². The number of nitrogens with zero attached hydrogens (tertiary/aromatic N) is 2. The number of carbonyl (C=O) groups excluding carboxylic acids is 1. The highest BCUT2D eigenvalue weighted by atomic mass is 79.9. The molecule has 0 radical (unpaired) electrons. The van der Waals surface area contributed by atoms with E-state index >= 15 is 0 Å². The molecule has 58 valence electrons. The maximum atomic E-state index is 11.1. The molecule has 0 spiro atoms. The molecule has 1 aromatic rings. The maximum Gasteiger partial charge on any atom is 0.287 e. The van der Waals surface area contributed by atoms with E-state index in [-0.39, 0.29) is 5.91 Å². The predicted molar refractivity (Wildman–Crippen MR) is 42.3 cm³/mol. The average molecular weight is 216 g/mol. The molecule has 5 heteroatoms. The van der Waals surface area contributed by atoms with Gasteiger partial charge in [-0.15, -0.1) is 0 Å². The van der Waals surface area contributed by atoms with Crippen LogP contribution in [0.5, 0.6) is 0 Å². The van der Waals surface area contributed by atoms with Gasteiger partial charge in [0, 0.05) is 19.3 Å². The summed E-state index contributed by atoms with van der Waals surface area (Å²) in [5.41, 5.74) is 0. The van der Waals surface area contributed by atoms with Crippen LogP contribution < -0.4 is 5.32 Å². The SMILES string of the molecule is O=C1NCCn2cc(Br)nc21. The van der Waals surface area contributed by atoms with Gasteiger partial charge in [-0.2, -0.15) is 0 Å². The highest BCUT2D eigenvalue weighted by Gasteiger charge is 2.18. The summed E-state index contributed by atoms with van der Waals surface area (Å²) >= 11 is 3.21. The highest BCUT2D eigenvalue weighted by Crippen LogP contribution is 2.11. The molecule has 1 aromatic heterocycles. The molecular weight excluding hydrogens is 210 g/mol. The Hall–Kier alpha value is -0.840. The third-order valence-corrected chi connectivity index (χ3v) is 1.97. The van der Waals surface area contributed by atoms with Crippen molar-refractivity contribution in [3.05, 3.63) is 16.6 Å². The van der Waals surface area contributed by atoms with Crippen LogP contribution in [0.25, 0.3) is 0 Å². The van der Waals surface area contributed by atoms with Crippen molar-refractivity contribution in [3.63, 3.8) is 0 Å². The van der Waals surface area contributed by atoms with Gasteiger partial charge in [0.25, 0.3) is 5.91 Å². The third-order valence-electron chi connectivity index (χ3n) is 1.59. The predicted octanol–water partition coefficient (Wildman–Crippen LogP) is 0.389. The number of halogens is 1. The fraction of sp³-hybridized carbons (Fsp3) is 0.333. The number of aromatic nitrogens is 2. The number of fused-ring (bicyclic) bond motifs is 1. The van der Waals surface area contributed by atoms with Crippen molar-refractivity contribution in [2.75, 3.05) is 6.54 Å². The first-order valence-electron chi connectivity index (χ1n) is 3.28. The number of amides is 1. The summed E-state index contributed by atoms with van der Waals surface area (Å²) in [5, 5.41) is 2.71. The standard InChI is InChI=1S/C6H6BrN3O/c7-4-3-10-2-1-8-6(11)5(10)9-4/h3H,1-2H2,(H,8,11). The van der Waals surface area contributed by atoms with Gasteiger partial charge in [0.15, 0.2) is 5.82 Å². The van der Waals surface area contributed by atoms with Crippen molar-refractivity contribution in [1.29, 1.82) is 0 Å². The number of nitrogens with one attached hydrogen (secondary N) is 1. The summed E-state index contributed by atoms with van der Waals surface area (Å²) in [7, 11) is 0. The zero-order chi connectivity index (χ0) is 7.84. The largest absolute Gasteiger partial charge is 0.348 e. The molecule has 0 bridgehead atoms. The van der Waals surface area contributed by atoms with Crippen LogP contribution in [0.3, 0.4) is 0 Å². The average Bonchev–Trinajstić information content (AvgIpc) is 2.31. The molecule has 0 atom stereocenters. The van der Waals surface area contributed by atoms with Crippen molar-refractivity contribution in [3.8, 4) is 0 Å². The molecule has 1 aliphatic rings. The Morgan fingerprint density at radius 1 is 1.73 bits per heavy atom. The fourth-order valence-electron chi connectivity index (χ4n) is 1.10. The van der Waals surface area contributed by atoms with Gasteiger partial charge in [0.2, 0.25) is 0 Å². The Kier molecular flexibility index (Phi) is 1.45. The number of rotatable bonds is 0. The second-order valence-electron chi connectivity index (χ2n) is 2.34. The van der Waals surface area contributed by atoms with Crippen LogP contribution in [0.1, 0.15) is 10.6 Å². The van der Waals surface area contributed by atoms with Gasteiger partial charge in [-0.25, -0.2) is 4.98 Å². The molecule has 0 saturated heterocycles. The molecule has 1 amide bonds. The van der Waals surface area contributed by atoms with Gasteiger partial charge in [0.05, 0.1) is 0 Å². The number of hydrogen-bond acceptors (Lipinski definition) is 2. The Balaban J connectivity index is 2.52. The van der Waals surface area contributed by atoms with Gasteiger partial charge < -0.3 is 9.88 Å². The van der Waals surface area contributed by atoms with Crippen LogP contribution in [-0.2, 0) is 6.54 Å². The molecule has 1 N–H and O–H groups in total. The minimum absolute atomic E-state index is 0.0954. The van der Waals surface area contributed by atoms with E-state index in [2.05, 4.69) is 26.2 Å².